The zero-order valence-corrected chi connectivity index (χ0v) is 14.3. The molecule has 122 valence electrons. The minimum absolute atomic E-state index is 0.0340. The molecule has 6 heteroatoms. The topological polar surface area (TPSA) is 66.7 Å². The first-order chi connectivity index (χ1) is 11.3. The Labute approximate surface area is 140 Å². The van der Waals surface area contributed by atoms with Crippen LogP contribution in [0, 0.1) is 0 Å². The van der Waals surface area contributed by atoms with E-state index in [-0.39, 0.29) is 6.04 Å². The Balaban J connectivity index is 1.70. The first kappa shape index (κ1) is 16.0. The molecule has 3 aromatic rings. The summed E-state index contributed by atoms with van der Waals surface area (Å²) in [5, 5.41) is 9.81. The summed E-state index contributed by atoms with van der Waals surface area (Å²) in [5.74, 6) is 2.25. The summed E-state index contributed by atoms with van der Waals surface area (Å²) in [6.07, 6.45) is 5.79. The largest absolute Gasteiger partial charge is 0.360 e. The summed E-state index contributed by atoms with van der Waals surface area (Å²) >= 11 is 1.71. The van der Waals surface area contributed by atoms with Crippen LogP contribution in [-0.4, -0.2) is 15.1 Å². The lowest BCUT2D eigenvalue weighted by atomic mass is 9.99. The molecule has 23 heavy (non-hydrogen) atoms. The van der Waals surface area contributed by atoms with Gasteiger partial charge in [-0.2, -0.15) is 0 Å². The van der Waals surface area contributed by atoms with Crippen molar-refractivity contribution in [3.63, 3.8) is 0 Å². The van der Waals surface area contributed by atoms with Gasteiger partial charge in [0, 0.05) is 29.3 Å². The fourth-order valence-corrected chi connectivity index (χ4v) is 3.54. The second-order valence-electron chi connectivity index (χ2n) is 5.54. The molecule has 0 saturated heterocycles. The Morgan fingerprint density at radius 3 is 2.87 bits per heavy atom. The Kier molecular flexibility index (Phi) is 5.25. The lowest BCUT2D eigenvalue weighted by Crippen LogP contribution is -2.22. The molecule has 3 heterocycles. The average Bonchev–Trinajstić information content (AvgIpc) is 3.32. The summed E-state index contributed by atoms with van der Waals surface area (Å²) in [6, 6.07) is 6.27. The normalized spacial score (nSPS) is 12.8. The van der Waals surface area contributed by atoms with Crippen LogP contribution in [0.3, 0.4) is 0 Å². The molecule has 0 bridgehead atoms. The molecule has 3 aromatic heterocycles. The Morgan fingerprint density at radius 1 is 1.35 bits per heavy atom. The highest BCUT2D eigenvalue weighted by molar-refractivity contribution is 7.10. The second kappa shape index (κ2) is 7.57. The third kappa shape index (κ3) is 3.71. The zero-order valence-electron chi connectivity index (χ0n) is 13.5. The van der Waals surface area contributed by atoms with Crippen LogP contribution in [0.4, 0.5) is 0 Å². The van der Waals surface area contributed by atoms with Crippen molar-refractivity contribution < 1.29 is 4.52 Å². The van der Waals surface area contributed by atoms with Crippen molar-refractivity contribution in [3.05, 3.63) is 58.1 Å². The number of rotatable bonds is 8. The van der Waals surface area contributed by atoms with Gasteiger partial charge in [0.15, 0.2) is 5.76 Å². The van der Waals surface area contributed by atoms with E-state index >= 15 is 0 Å². The molecule has 0 aliphatic rings. The molecule has 0 fully saturated rings. The van der Waals surface area contributed by atoms with Crippen LogP contribution in [-0.2, 0) is 6.54 Å². The van der Waals surface area contributed by atoms with Crippen LogP contribution in [0.2, 0.25) is 0 Å². The SMILES string of the molecule is CCC(CC)c1cc(CNC(c2ncc[nH]2)c2cccs2)on1. The second-order valence-corrected chi connectivity index (χ2v) is 6.51. The Bertz CT molecular complexity index is 652. The number of H-pyrrole nitrogens is 1. The van der Waals surface area contributed by atoms with Crippen LogP contribution >= 0.6 is 11.3 Å². The lowest BCUT2D eigenvalue weighted by molar-refractivity contribution is 0.357. The minimum atomic E-state index is 0.0340. The summed E-state index contributed by atoms with van der Waals surface area (Å²) < 4.78 is 5.49. The van der Waals surface area contributed by atoms with E-state index in [0.717, 1.165) is 30.1 Å². The Hall–Kier alpha value is -1.92. The predicted octanol–water partition coefficient (Wildman–Crippen LogP) is 4.24. The average molecular weight is 330 g/mol. The quantitative estimate of drug-likeness (QED) is 0.648. The van der Waals surface area contributed by atoms with E-state index in [9.17, 15) is 0 Å². The van der Waals surface area contributed by atoms with Gasteiger partial charge in [0.25, 0.3) is 0 Å². The van der Waals surface area contributed by atoms with Gasteiger partial charge < -0.3 is 9.51 Å². The van der Waals surface area contributed by atoms with Gasteiger partial charge in [0.1, 0.15) is 11.9 Å². The van der Waals surface area contributed by atoms with E-state index < -0.39 is 0 Å². The molecule has 0 aliphatic carbocycles. The molecule has 1 atom stereocenters. The maximum absolute atomic E-state index is 5.49. The van der Waals surface area contributed by atoms with E-state index in [1.165, 1.54) is 4.88 Å². The van der Waals surface area contributed by atoms with Gasteiger partial charge in [-0.1, -0.05) is 25.1 Å². The summed E-state index contributed by atoms with van der Waals surface area (Å²) in [6.45, 7) is 4.99. The number of aromatic nitrogens is 3. The summed E-state index contributed by atoms with van der Waals surface area (Å²) in [4.78, 5) is 8.80. The van der Waals surface area contributed by atoms with Gasteiger partial charge in [-0.25, -0.2) is 4.98 Å². The summed E-state index contributed by atoms with van der Waals surface area (Å²) in [5.41, 5.74) is 1.05. The number of thiophene rings is 1. The number of nitrogens with zero attached hydrogens (tertiary/aromatic N) is 2. The highest BCUT2D eigenvalue weighted by atomic mass is 32.1. The Morgan fingerprint density at radius 2 is 2.22 bits per heavy atom. The predicted molar refractivity (Wildman–Crippen MR) is 91.4 cm³/mol. The van der Waals surface area contributed by atoms with E-state index in [1.807, 2.05) is 6.20 Å². The first-order valence-corrected chi connectivity index (χ1v) is 8.91. The smallest absolute Gasteiger partial charge is 0.150 e. The monoisotopic (exact) mass is 330 g/mol. The van der Waals surface area contributed by atoms with Gasteiger partial charge in [0.05, 0.1) is 12.2 Å². The summed E-state index contributed by atoms with van der Waals surface area (Å²) in [7, 11) is 0. The molecule has 0 spiro atoms. The molecule has 3 rings (SSSR count). The third-order valence-corrected chi connectivity index (χ3v) is 5.02. The van der Waals surface area contributed by atoms with E-state index in [1.54, 1.807) is 17.5 Å². The van der Waals surface area contributed by atoms with Gasteiger partial charge in [-0.15, -0.1) is 11.3 Å². The van der Waals surface area contributed by atoms with E-state index in [0.29, 0.717) is 12.5 Å². The number of nitrogens with one attached hydrogen (secondary N) is 2. The standard InChI is InChI=1S/C17H22N4OS/c1-3-12(4-2)14-10-13(22-21-14)11-20-16(15-6-5-9-23-15)17-18-7-8-19-17/h5-10,12,16,20H,3-4,11H2,1-2H3,(H,18,19). The fourth-order valence-electron chi connectivity index (χ4n) is 2.74. The lowest BCUT2D eigenvalue weighted by Gasteiger charge is -2.14. The van der Waals surface area contributed by atoms with E-state index in [4.69, 9.17) is 4.52 Å². The van der Waals surface area contributed by atoms with Crippen molar-refractivity contribution in [3.8, 4) is 0 Å². The molecule has 0 amide bonds. The number of aromatic amines is 1. The third-order valence-electron chi connectivity index (χ3n) is 4.08. The molecular formula is C17H22N4OS. The first-order valence-electron chi connectivity index (χ1n) is 8.03. The van der Waals surface area contributed by atoms with Crippen molar-refractivity contribution in [1.29, 1.82) is 0 Å². The highest BCUT2D eigenvalue weighted by Gasteiger charge is 2.19. The maximum atomic E-state index is 5.49. The van der Waals surface area contributed by atoms with Crippen molar-refractivity contribution >= 4 is 11.3 Å². The zero-order chi connectivity index (χ0) is 16.1. The molecule has 0 radical (unpaired) electrons. The van der Waals surface area contributed by atoms with Crippen LogP contribution < -0.4 is 5.32 Å². The van der Waals surface area contributed by atoms with Crippen molar-refractivity contribution in [2.75, 3.05) is 0 Å². The fraction of sp³-hybridized carbons (Fsp3) is 0.412. The van der Waals surface area contributed by atoms with Crippen LogP contribution in [0.15, 0.2) is 40.5 Å². The number of hydrogen-bond donors (Lipinski definition) is 2. The molecule has 1 unspecified atom stereocenters. The molecule has 0 aliphatic heterocycles. The van der Waals surface area contributed by atoms with Crippen molar-refractivity contribution in [2.45, 2.75) is 45.2 Å². The van der Waals surface area contributed by atoms with Gasteiger partial charge in [-0.3, -0.25) is 5.32 Å². The van der Waals surface area contributed by atoms with Crippen LogP contribution in [0.1, 0.15) is 60.8 Å². The van der Waals surface area contributed by atoms with Crippen LogP contribution in [0.5, 0.6) is 0 Å². The number of imidazole rings is 1. The van der Waals surface area contributed by atoms with Gasteiger partial charge >= 0.3 is 0 Å². The van der Waals surface area contributed by atoms with Crippen LogP contribution in [0.25, 0.3) is 0 Å². The maximum Gasteiger partial charge on any atom is 0.150 e. The molecule has 5 nitrogen and oxygen atoms in total. The van der Waals surface area contributed by atoms with Gasteiger partial charge in [-0.05, 0) is 24.3 Å². The molecule has 0 saturated carbocycles. The molecule has 0 aromatic carbocycles. The van der Waals surface area contributed by atoms with E-state index in [2.05, 4.69) is 57.9 Å². The van der Waals surface area contributed by atoms with Crippen molar-refractivity contribution in [1.82, 2.24) is 20.4 Å². The molecular weight excluding hydrogens is 308 g/mol. The van der Waals surface area contributed by atoms with Gasteiger partial charge in [0.2, 0.25) is 0 Å². The van der Waals surface area contributed by atoms with Crippen molar-refractivity contribution in [2.24, 2.45) is 0 Å². The number of hydrogen-bond acceptors (Lipinski definition) is 5. The minimum Gasteiger partial charge on any atom is -0.360 e. The molecule has 2 N–H and O–H groups in total. The highest BCUT2D eigenvalue weighted by Crippen LogP contribution is 2.25.